The highest BCUT2D eigenvalue weighted by Gasteiger charge is 2.47. The van der Waals surface area contributed by atoms with Crippen LogP contribution < -0.4 is 9.64 Å². The Labute approximate surface area is 186 Å². The molecule has 1 N–H and O–H groups in total. The summed E-state index contributed by atoms with van der Waals surface area (Å²) in [6, 6.07) is 12.3. The van der Waals surface area contributed by atoms with Crippen LogP contribution in [0.5, 0.6) is 5.75 Å². The molecule has 168 valence electrons. The number of aliphatic hydroxyl groups excluding tert-OH is 1. The van der Waals surface area contributed by atoms with Gasteiger partial charge in [-0.25, -0.2) is 0 Å². The van der Waals surface area contributed by atoms with Gasteiger partial charge in [-0.15, -0.1) is 0 Å². The second-order valence-corrected chi connectivity index (χ2v) is 7.23. The summed E-state index contributed by atoms with van der Waals surface area (Å²) in [5, 5.41) is 11.0. The van der Waals surface area contributed by atoms with Crippen LogP contribution in [0.15, 0.2) is 78.6 Å². The minimum atomic E-state index is -4.56. The number of rotatable bonds is 4. The maximum atomic E-state index is 13.0. The molecule has 0 aliphatic carbocycles. The Morgan fingerprint density at radius 1 is 1.03 bits per heavy atom. The number of benzene rings is 2. The number of hydrogen-bond donors (Lipinski definition) is 1. The van der Waals surface area contributed by atoms with Crippen LogP contribution in [-0.4, -0.2) is 28.9 Å². The maximum Gasteiger partial charge on any atom is 0.416 e. The number of Topliss-reactive ketones (excluding diaryl/α,β-unsaturated/α-hetero) is 1. The monoisotopic (exact) mass is 454 g/mol. The average molecular weight is 454 g/mol. The summed E-state index contributed by atoms with van der Waals surface area (Å²) in [4.78, 5) is 31.0. The van der Waals surface area contributed by atoms with Gasteiger partial charge in [0.05, 0.1) is 24.3 Å². The summed E-state index contributed by atoms with van der Waals surface area (Å²) in [5.74, 6) is -1.91. The number of methoxy groups -OCH3 is 1. The van der Waals surface area contributed by atoms with E-state index in [1.54, 1.807) is 24.3 Å². The average Bonchev–Trinajstić information content (AvgIpc) is 3.09. The molecule has 1 unspecified atom stereocenters. The number of hydrogen-bond acceptors (Lipinski definition) is 5. The number of alkyl halides is 3. The van der Waals surface area contributed by atoms with Crippen molar-refractivity contribution in [2.45, 2.75) is 12.2 Å². The molecule has 0 bridgehead atoms. The zero-order valence-electron chi connectivity index (χ0n) is 17.2. The first kappa shape index (κ1) is 22.1. The maximum absolute atomic E-state index is 13.0. The number of amides is 1. The number of carbonyl (C=O) groups is 2. The largest absolute Gasteiger partial charge is 0.507 e. The van der Waals surface area contributed by atoms with Crippen LogP contribution in [0.3, 0.4) is 0 Å². The number of ketones is 1. The molecular formula is C24H17F3N2O4. The highest BCUT2D eigenvalue weighted by atomic mass is 19.4. The molecule has 9 heteroatoms. The smallest absolute Gasteiger partial charge is 0.416 e. The van der Waals surface area contributed by atoms with E-state index in [1.165, 1.54) is 31.6 Å². The van der Waals surface area contributed by atoms with E-state index in [0.29, 0.717) is 11.3 Å². The third-order valence-corrected chi connectivity index (χ3v) is 5.28. The zero-order valence-corrected chi connectivity index (χ0v) is 17.2. The topological polar surface area (TPSA) is 79.7 Å². The lowest BCUT2D eigenvalue weighted by Crippen LogP contribution is -2.29. The van der Waals surface area contributed by atoms with Crippen LogP contribution in [0.25, 0.3) is 5.76 Å². The Bertz CT molecular complexity index is 1240. The third-order valence-electron chi connectivity index (χ3n) is 5.28. The zero-order chi connectivity index (χ0) is 23.8. The molecule has 33 heavy (non-hydrogen) atoms. The Morgan fingerprint density at radius 2 is 1.70 bits per heavy atom. The van der Waals surface area contributed by atoms with Crippen LogP contribution in [0, 0.1) is 0 Å². The van der Waals surface area contributed by atoms with Gasteiger partial charge in [-0.2, -0.15) is 13.2 Å². The number of aliphatic hydroxyl groups is 1. The van der Waals surface area contributed by atoms with E-state index >= 15 is 0 Å². The summed E-state index contributed by atoms with van der Waals surface area (Å²) >= 11 is 0. The summed E-state index contributed by atoms with van der Waals surface area (Å²) in [6.45, 7) is 0. The summed E-state index contributed by atoms with van der Waals surface area (Å²) in [5.41, 5.74) is -0.309. The van der Waals surface area contributed by atoms with Crippen LogP contribution in [-0.2, 0) is 15.8 Å². The van der Waals surface area contributed by atoms with Gasteiger partial charge in [0.15, 0.2) is 0 Å². The molecule has 1 saturated heterocycles. The van der Waals surface area contributed by atoms with Crippen LogP contribution in [0.4, 0.5) is 18.9 Å². The molecule has 1 aliphatic rings. The van der Waals surface area contributed by atoms with E-state index in [9.17, 15) is 27.9 Å². The minimum Gasteiger partial charge on any atom is -0.507 e. The van der Waals surface area contributed by atoms with Gasteiger partial charge in [-0.3, -0.25) is 19.5 Å². The predicted molar refractivity (Wildman–Crippen MR) is 113 cm³/mol. The molecule has 1 aliphatic heterocycles. The molecule has 2 aromatic carbocycles. The molecule has 1 amide bonds. The Balaban J connectivity index is 1.91. The molecular weight excluding hydrogens is 437 g/mol. The number of carbonyl (C=O) groups excluding carboxylic acids is 2. The molecule has 1 aromatic heterocycles. The third kappa shape index (κ3) is 4.05. The number of aromatic nitrogens is 1. The van der Waals surface area contributed by atoms with Crippen molar-refractivity contribution in [3.05, 3.63) is 95.3 Å². The van der Waals surface area contributed by atoms with Gasteiger partial charge >= 0.3 is 6.18 Å². The summed E-state index contributed by atoms with van der Waals surface area (Å²) in [6.07, 6.45) is -1.72. The van der Waals surface area contributed by atoms with Gasteiger partial charge in [0.1, 0.15) is 11.5 Å². The molecule has 0 saturated carbocycles. The van der Waals surface area contributed by atoms with Gasteiger partial charge < -0.3 is 9.84 Å². The quantitative estimate of drug-likeness (QED) is 0.350. The Kier molecular flexibility index (Phi) is 5.63. The van der Waals surface area contributed by atoms with Gasteiger partial charge in [0, 0.05) is 23.6 Å². The van der Waals surface area contributed by atoms with Gasteiger partial charge in [0.2, 0.25) is 0 Å². The fraction of sp³-hybridized carbons (Fsp3) is 0.125. The molecule has 2 heterocycles. The second-order valence-electron chi connectivity index (χ2n) is 7.23. The van der Waals surface area contributed by atoms with Crippen LogP contribution in [0.2, 0.25) is 0 Å². The molecule has 1 fully saturated rings. The molecule has 0 radical (unpaired) electrons. The van der Waals surface area contributed by atoms with Gasteiger partial charge in [0.25, 0.3) is 11.7 Å². The van der Waals surface area contributed by atoms with E-state index in [-0.39, 0.29) is 16.8 Å². The van der Waals surface area contributed by atoms with Gasteiger partial charge in [-0.05, 0) is 54.1 Å². The van der Waals surface area contributed by atoms with E-state index in [1.807, 2.05) is 0 Å². The first-order valence-electron chi connectivity index (χ1n) is 9.75. The van der Waals surface area contributed by atoms with Crippen LogP contribution >= 0.6 is 0 Å². The van der Waals surface area contributed by atoms with E-state index in [2.05, 4.69) is 4.98 Å². The molecule has 3 aromatic rings. The SMILES string of the molecule is COc1cccc(C2/C(=C(\O)c3ccncc3)C(=O)C(=O)N2c2ccc(C(F)(F)F)cc2)c1. The van der Waals surface area contributed by atoms with Crippen molar-refractivity contribution in [1.29, 1.82) is 0 Å². The first-order valence-corrected chi connectivity index (χ1v) is 9.75. The second kappa shape index (κ2) is 8.42. The van der Waals surface area contributed by atoms with Gasteiger partial charge in [-0.1, -0.05) is 12.1 Å². The molecule has 6 nitrogen and oxygen atoms in total. The van der Waals surface area contributed by atoms with Crippen molar-refractivity contribution in [3.8, 4) is 5.75 Å². The lowest BCUT2D eigenvalue weighted by Gasteiger charge is -2.26. The normalized spacial score (nSPS) is 17.9. The standard InChI is InChI=1S/C24H17F3N2O4/c1-33-18-4-2-3-15(13-18)20-19(21(30)14-9-11-28-12-10-14)22(31)23(32)29(20)17-7-5-16(6-8-17)24(25,26)27/h2-13,20,30H,1H3/b21-19+. The fourth-order valence-corrected chi connectivity index (χ4v) is 3.70. The highest BCUT2D eigenvalue weighted by molar-refractivity contribution is 6.51. The highest BCUT2D eigenvalue weighted by Crippen LogP contribution is 2.43. The van der Waals surface area contributed by atoms with E-state index in [4.69, 9.17) is 4.74 Å². The predicted octanol–water partition coefficient (Wildman–Crippen LogP) is 4.74. The molecule has 1 atom stereocenters. The summed E-state index contributed by atoms with van der Waals surface area (Å²) in [7, 11) is 1.45. The van der Waals surface area contributed by atoms with Crippen molar-refractivity contribution < 1.29 is 32.6 Å². The molecule has 4 rings (SSSR count). The number of ether oxygens (including phenoxy) is 1. The van der Waals surface area contributed by atoms with Crippen molar-refractivity contribution >= 4 is 23.1 Å². The molecule has 0 spiro atoms. The van der Waals surface area contributed by atoms with E-state index < -0.39 is 35.2 Å². The van der Waals surface area contributed by atoms with Crippen molar-refractivity contribution in [3.63, 3.8) is 0 Å². The van der Waals surface area contributed by atoms with E-state index in [0.717, 1.165) is 29.2 Å². The Morgan fingerprint density at radius 3 is 2.30 bits per heavy atom. The lowest BCUT2D eigenvalue weighted by atomic mass is 9.95. The minimum absolute atomic E-state index is 0.0756. The number of nitrogens with zero attached hydrogens (tertiary/aromatic N) is 2. The van der Waals surface area contributed by atoms with Crippen molar-refractivity contribution in [2.75, 3.05) is 12.0 Å². The summed E-state index contributed by atoms with van der Waals surface area (Å²) < 4.78 is 44.3. The van der Waals surface area contributed by atoms with Crippen molar-refractivity contribution in [2.24, 2.45) is 0 Å². The van der Waals surface area contributed by atoms with Crippen molar-refractivity contribution in [1.82, 2.24) is 4.98 Å². The van der Waals surface area contributed by atoms with Crippen LogP contribution in [0.1, 0.15) is 22.7 Å². The first-order chi connectivity index (χ1) is 15.7. The number of pyridine rings is 1. The Hall–Kier alpha value is -4.14. The fourth-order valence-electron chi connectivity index (χ4n) is 3.70. The number of halogens is 3. The lowest BCUT2D eigenvalue weighted by molar-refractivity contribution is -0.137. The number of anilines is 1.